The number of rotatable bonds is 3. The molecule has 23 heavy (non-hydrogen) atoms. The van der Waals surface area contributed by atoms with E-state index in [2.05, 4.69) is 52.3 Å². The van der Waals surface area contributed by atoms with Crippen LogP contribution in [0.2, 0.25) is 0 Å². The number of piperidine rings is 1. The van der Waals surface area contributed by atoms with E-state index in [1.54, 1.807) is 5.69 Å². The van der Waals surface area contributed by atoms with E-state index >= 15 is 0 Å². The highest BCUT2D eigenvalue weighted by molar-refractivity contribution is 5.99. The minimum Gasteiger partial charge on any atom is -0.347 e. The van der Waals surface area contributed by atoms with Crippen LogP contribution in [0.15, 0.2) is 30.6 Å². The molecule has 1 aromatic carbocycles. The van der Waals surface area contributed by atoms with E-state index < -0.39 is 0 Å². The molecule has 4 heteroatoms. The van der Waals surface area contributed by atoms with Crippen molar-refractivity contribution in [3.8, 4) is 11.1 Å². The summed E-state index contributed by atoms with van der Waals surface area (Å²) in [7, 11) is 2.23. The Balaban J connectivity index is 1.98. The number of aromatic nitrogens is 3. The zero-order valence-electron chi connectivity index (χ0n) is 13.9. The van der Waals surface area contributed by atoms with Crippen molar-refractivity contribution in [1.82, 2.24) is 20.1 Å². The van der Waals surface area contributed by atoms with Crippen LogP contribution >= 0.6 is 0 Å². The van der Waals surface area contributed by atoms with Gasteiger partial charge >= 0.3 is 0 Å². The normalized spacial score (nSPS) is 16.3. The average Bonchev–Trinajstić information content (AvgIpc) is 3.22. The van der Waals surface area contributed by atoms with Crippen LogP contribution in [-0.2, 0) is 13.5 Å². The first-order valence-electron chi connectivity index (χ1n) is 8.61. The summed E-state index contributed by atoms with van der Waals surface area (Å²) in [5, 5.41) is 12.0. The summed E-state index contributed by atoms with van der Waals surface area (Å²) in [5.74, 6) is 0.667. The Labute approximate surface area is 136 Å². The van der Waals surface area contributed by atoms with E-state index in [0.29, 0.717) is 5.92 Å². The molecule has 1 aliphatic heterocycles. The molecule has 0 amide bonds. The lowest BCUT2D eigenvalue weighted by molar-refractivity contribution is 0.444. The maximum atomic E-state index is 4.14. The van der Waals surface area contributed by atoms with Crippen molar-refractivity contribution in [2.75, 3.05) is 13.1 Å². The fraction of sp³-hybridized carbons (Fsp3) is 0.421. The van der Waals surface area contributed by atoms with E-state index in [0.717, 1.165) is 19.5 Å². The van der Waals surface area contributed by atoms with Crippen molar-refractivity contribution in [1.29, 1.82) is 0 Å². The molecular formula is C19H24N4. The van der Waals surface area contributed by atoms with Crippen LogP contribution in [0.5, 0.6) is 0 Å². The zero-order chi connectivity index (χ0) is 15.8. The van der Waals surface area contributed by atoms with Crippen LogP contribution in [0.3, 0.4) is 0 Å². The van der Waals surface area contributed by atoms with E-state index in [1.165, 1.54) is 40.4 Å². The molecule has 1 fully saturated rings. The van der Waals surface area contributed by atoms with Crippen LogP contribution < -0.4 is 5.32 Å². The van der Waals surface area contributed by atoms with Gasteiger partial charge in [0.05, 0.1) is 6.20 Å². The summed E-state index contributed by atoms with van der Waals surface area (Å²) in [5.41, 5.74) is 6.87. The molecule has 2 N–H and O–H groups in total. The number of nitrogens with one attached hydrogen (secondary N) is 2. The van der Waals surface area contributed by atoms with Crippen LogP contribution in [-0.4, -0.2) is 27.9 Å². The third-order valence-corrected chi connectivity index (χ3v) is 5.26. The number of benzene rings is 1. The first-order chi connectivity index (χ1) is 11.3. The van der Waals surface area contributed by atoms with Crippen molar-refractivity contribution in [2.24, 2.45) is 7.05 Å². The lowest BCUT2D eigenvalue weighted by atomic mass is 9.89. The van der Waals surface area contributed by atoms with Crippen LogP contribution in [0.1, 0.15) is 36.9 Å². The minimum absolute atomic E-state index is 0.667. The van der Waals surface area contributed by atoms with Crippen molar-refractivity contribution in [2.45, 2.75) is 32.1 Å². The quantitative estimate of drug-likeness (QED) is 0.776. The van der Waals surface area contributed by atoms with Crippen molar-refractivity contribution < 1.29 is 0 Å². The fourth-order valence-electron chi connectivity index (χ4n) is 4.21. The van der Waals surface area contributed by atoms with Crippen molar-refractivity contribution in [3.05, 3.63) is 41.9 Å². The highest BCUT2D eigenvalue weighted by Crippen LogP contribution is 2.39. The van der Waals surface area contributed by atoms with E-state index in [-0.39, 0.29) is 0 Å². The van der Waals surface area contributed by atoms with E-state index in [9.17, 15) is 0 Å². The highest BCUT2D eigenvalue weighted by Gasteiger charge is 2.25. The summed E-state index contributed by atoms with van der Waals surface area (Å²) in [4.78, 5) is 0. The third-order valence-electron chi connectivity index (χ3n) is 5.26. The van der Waals surface area contributed by atoms with Crippen LogP contribution in [0.4, 0.5) is 0 Å². The van der Waals surface area contributed by atoms with Gasteiger partial charge in [0, 0.05) is 41.3 Å². The van der Waals surface area contributed by atoms with Gasteiger partial charge in [0.15, 0.2) is 0 Å². The van der Waals surface area contributed by atoms with E-state index in [1.807, 2.05) is 12.4 Å². The second-order valence-electron chi connectivity index (χ2n) is 6.49. The predicted octanol–water partition coefficient (Wildman–Crippen LogP) is 3.60. The number of hydrogen-bond acceptors (Lipinski definition) is 2. The Morgan fingerprint density at radius 2 is 2.09 bits per heavy atom. The summed E-state index contributed by atoms with van der Waals surface area (Å²) in [6.07, 6.45) is 7.46. The number of aromatic amines is 1. The maximum Gasteiger partial charge on any atom is 0.0566 e. The zero-order valence-corrected chi connectivity index (χ0v) is 13.9. The molecule has 0 spiro atoms. The van der Waals surface area contributed by atoms with Crippen molar-refractivity contribution >= 4 is 10.9 Å². The number of aryl methyl sites for hydroxylation is 2. The molecule has 0 saturated carbocycles. The van der Waals surface area contributed by atoms with E-state index in [4.69, 9.17) is 0 Å². The van der Waals surface area contributed by atoms with Gasteiger partial charge in [-0.15, -0.1) is 0 Å². The summed E-state index contributed by atoms with van der Waals surface area (Å²) >= 11 is 0. The van der Waals surface area contributed by atoms with Crippen LogP contribution in [0, 0.1) is 0 Å². The second-order valence-corrected chi connectivity index (χ2v) is 6.49. The average molecular weight is 308 g/mol. The first kappa shape index (κ1) is 14.5. The molecule has 0 unspecified atom stereocenters. The lowest BCUT2D eigenvalue weighted by Gasteiger charge is -2.24. The highest BCUT2D eigenvalue weighted by atomic mass is 15.1. The third kappa shape index (κ3) is 2.29. The molecule has 1 saturated heterocycles. The molecule has 0 atom stereocenters. The molecule has 3 aromatic rings. The topological polar surface area (TPSA) is 45.6 Å². The molecule has 120 valence electrons. The Hall–Kier alpha value is -2.07. The molecular weight excluding hydrogens is 284 g/mol. The van der Waals surface area contributed by atoms with Gasteiger partial charge < -0.3 is 9.88 Å². The molecule has 1 aliphatic rings. The SMILES string of the molecule is CCc1c(C2CCNCC2)n(C)c2cccc(-c3cn[nH]c3)c12. The number of nitrogens with zero attached hydrogens (tertiary/aromatic N) is 2. The van der Waals surface area contributed by atoms with Gasteiger partial charge in [-0.25, -0.2) is 0 Å². The van der Waals surface area contributed by atoms with Gasteiger partial charge in [-0.1, -0.05) is 19.1 Å². The largest absolute Gasteiger partial charge is 0.347 e. The number of fused-ring (bicyclic) bond motifs is 1. The molecule has 4 nitrogen and oxygen atoms in total. The maximum absolute atomic E-state index is 4.14. The molecule has 3 heterocycles. The predicted molar refractivity (Wildman–Crippen MR) is 94.7 cm³/mol. The van der Waals surface area contributed by atoms with Gasteiger partial charge in [0.25, 0.3) is 0 Å². The number of H-pyrrole nitrogens is 1. The minimum atomic E-state index is 0.667. The van der Waals surface area contributed by atoms with Gasteiger partial charge in [-0.2, -0.15) is 5.10 Å². The molecule has 0 aliphatic carbocycles. The summed E-state index contributed by atoms with van der Waals surface area (Å²) in [6.45, 7) is 4.54. The second kappa shape index (κ2) is 5.85. The molecule has 0 radical (unpaired) electrons. The smallest absolute Gasteiger partial charge is 0.0566 e. The first-order valence-corrected chi connectivity index (χ1v) is 8.61. The fourth-order valence-corrected chi connectivity index (χ4v) is 4.21. The molecule has 4 rings (SSSR count). The number of hydrogen-bond donors (Lipinski definition) is 2. The van der Waals surface area contributed by atoms with Crippen LogP contribution in [0.25, 0.3) is 22.0 Å². The standard InChI is InChI=1S/C19H24N4/c1-3-15-18-16(14-11-21-22-12-14)5-4-6-17(18)23(2)19(15)13-7-9-20-10-8-13/h4-6,11-13,20H,3,7-10H2,1-2H3,(H,21,22). The summed E-state index contributed by atoms with van der Waals surface area (Å²) < 4.78 is 2.44. The Kier molecular flexibility index (Phi) is 3.69. The van der Waals surface area contributed by atoms with Gasteiger partial charge in [0.1, 0.15) is 0 Å². The lowest BCUT2D eigenvalue weighted by Crippen LogP contribution is -2.28. The monoisotopic (exact) mass is 308 g/mol. The van der Waals surface area contributed by atoms with Gasteiger partial charge in [-0.05, 0) is 49.5 Å². The Morgan fingerprint density at radius 1 is 1.26 bits per heavy atom. The summed E-state index contributed by atoms with van der Waals surface area (Å²) in [6, 6.07) is 6.64. The van der Waals surface area contributed by atoms with Gasteiger partial charge in [-0.3, -0.25) is 5.10 Å². The molecule has 2 aromatic heterocycles. The Bertz CT molecular complexity index is 808. The Morgan fingerprint density at radius 3 is 2.78 bits per heavy atom. The molecule has 0 bridgehead atoms. The van der Waals surface area contributed by atoms with Gasteiger partial charge in [0.2, 0.25) is 0 Å². The van der Waals surface area contributed by atoms with Crippen molar-refractivity contribution in [3.63, 3.8) is 0 Å².